The molecule has 1 saturated heterocycles. The number of aromatic nitrogens is 1. The molecule has 2 aromatic carbocycles. The zero-order chi connectivity index (χ0) is 20.2. The van der Waals surface area contributed by atoms with Gasteiger partial charge in [0.2, 0.25) is 0 Å². The van der Waals surface area contributed by atoms with E-state index in [2.05, 4.69) is 30.3 Å². The Morgan fingerprint density at radius 3 is 2.59 bits per heavy atom. The molecule has 1 aromatic heterocycles. The Morgan fingerprint density at radius 1 is 1.00 bits per heavy atom. The number of benzene rings is 2. The van der Waals surface area contributed by atoms with E-state index in [0.29, 0.717) is 0 Å². The van der Waals surface area contributed by atoms with Crippen LogP contribution in [0.1, 0.15) is 34.8 Å². The highest BCUT2D eigenvalue weighted by atomic mass is 16.2. The molecule has 148 valence electrons. The smallest absolute Gasteiger partial charge is 0.253 e. The summed E-state index contributed by atoms with van der Waals surface area (Å²) < 4.78 is 0. The molecule has 1 atom stereocenters. The number of likely N-dealkylation sites (tertiary alicyclic amines) is 1. The molecule has 0 spiro atoms. The lowest BCUT2D eigenvalue weighted by Crippen LogP contribution is -2.39. The monoisotopic (exact) mass is 385 g/mol. The van der Waals surface area contributed by atoms with E-state index >= 15 is 0 Å². The van der Waals surface area contributed by atoms with Crippen molar-refractivity contribution in [1.82, 2.24) is 9.88 Å². The molecule has 0 saturated carbocycles. The van der Waals surface area contributed by atoms with Gasteiger partial charge in [0.1, 0.15) is 0 Å². The largest absolute Gasteiger partial charge is 0.378 e. The van der Waals surface area contributed by atoms with Gasteiger partial charge < -0.3 is 9.80 Å². The number of nitrogens with zero attached hydrogens (tertiary/aromatic N) is 3. The standard InChI is InChI=1S/C25H27N3O/c1-27(2)22-13-6-11-20(17-22)25(29)28-16-8-12-21(18-28)24-15-7-14-23(26-24)19-9-4-3-5-10-19/h3-7,9-11,13-15,17,21H,8,12,16,18H2,1-2H3/t21-/m1/s1. The maximum Gasteiger partial charge on any atom is 0.253 e. The lowest BCUT2D eigenvalue weighted by atomic mass is 9.93. The molecule has 1 aliphatic rings. The number of pyridine rings is 1. The van der Waals surface area contributed by atoms with Crippen molar-refractivity contribution >= 4 is 11.6 Å². The van der Waals surface area contributed by atoms with Crippen LogP contribution < -0.4 is 4.90 Å². The number of rotatable bonds is 4. The van der Waals surface area contributed by atoms with Gasteiger partial charge in [-0.3, -0.25) is 9.78 Å². The Kier molecular flexibility index (Phi) is 5.61. The molecule has 0 radical (unpaired) electrons. The normalized spacial score (nSPS) is 16.5. The number of amides is 1. The van der Waals surface area contributed by atoms with Crippen molar-refractivity contribution in [2.24, 2.45) is 0 Å². The summed E-state index contributed by atoms with van der Waals surface area (Å²) in [6.45, 7) is 1.52. The summed E-state index contributed by atoms with van der Waals surface area (Å²) in [6.07, 6.45) is 2.06. The van der Waals surface area contributed by atoms with Crippen LogP contribution in [0.2, 0.25) is 0 Å². The van der Waals surface area contributed by atoms with Gasteiger partial charge in [0.05, 0.1) is 5.69 Å². The molecule has 0 N–H and O–H groups in total. The Morgan fingerprint density at radius 2 is 1.79 bits per heavy atom. The maximum absolute atomic E-state index is 13.1. The van der Waals surface area contributed by atoms with Crippen LogP contribution in [-0.2, 0) is 0 Å². The number of hydrogen-bond donors (Lipinski definition) is 0. The lowest BCUT2D eigenvalue weighted by molar-refractivity contribution is 0.0706. The van der Waals surface area contributed by atoms with Crippen molar-refractivity contribution in [3.05, 3.63) is 84.1 Å². The van der Waals surface area contributed by atoms with Crippen molar-refractivity contribution in [3.63, 3.8) is 0 Å². The van der Waals surface area contributed by atoms with Crippen molar-refractivity contribution in [2.45, 2.75) is 18.8 Å². The number of hydrogen-bond acceptors (Lipinski definition) is 3. The van der Waals surface area contributed by atoms with Crippen LogP contribution in [0.3, 0.4) is 0 Å². The van der Waals surface area contributed by atoms with E-state index in [9.17, 15) is 4.79 Å². The average Bonchev–Trinajstić information content (AvgIpc) is 2.79. The first-order valence-corrected chi connectivity index (χ1v) is 10.2. The third-order valence-corrected chi connectivity index (χ3v) is 5.58. The van der Waals surface area contributed by atoms with Crippen LogP contribution in [0, 0.1) is 0 Å². The molecule has 4 heteroatoms. The summed E-state index contributed by atoms with van der Waals surface area (Å²) in [5, 5.41) is 0. The summed E-state index contributed by atoms with van der Waals surface area (Å²) >= 11 is 0. The molecular weight excluding hydrogens is 358 g/mol. The first-order chi connectivity index (χ1) is 14.1. The first-order valence-electron chi connectivity index (χ1n) is 10.2. The molecule has 2 heterocycles. The zero-order valence-corrected chi connectivity index (χ0v) is 17.1. The molecule has 1 aliphatic heterocycles. The SMILES string of the molecule is CN(C)c1cccc(C(=O)N2CCC[C@@H](c3cccc(-c4ccccc4)n3)C2)c1. The number of carbonyl (C=O) groups excluding carboxylic acids is 1. The van der Waals surface area contributed by atoms with Crippen molar-refractivity contribution in [1.29, 1.82) is 0 Å². The van der Waals surface area contributed by atoms with E-state index in [1.807, 2.05) is 66.4 Å². The second-order valence-electron chi connectivity index (χ2n) is 7.85. The summed E-state index contributed by atoms with van der Waals surface area (Å²) in [5.41, 5.74) is 4.99. The lowest BCUT2D eigenvalue weighted by Gasteiger charge is -2.33. The summed E-state index contributed by atoms with van der Waals surface area (Å²) in [7, 11) is 3.98. The molecule has 0 aliphatic carbocycles. The molecule has 29 heavy (non-hydrogen) atoms. The van der Waals surface area contributed by atoms with Gasteiger partial charge in [-0.2, -0.15) is 0 Å². The quantitative estimate of drug-likeness (QED) is 0.645. The Bertz CT molecular complexity index is 984. The summed E-state index contributed by atoms with van der Waals surface area (Å²) in [5.74, 6) is 0.381. The molecule has 4 nitrogen and oxygen atoms in total. The fourth-order valence-corrected chi connectivity index (χ4v) is 3.95. The summed E-state index contributed by atoms with van der Waals surface area (Å²) in [4.78, 5) is 22.1. The third kappa shape index (κ3) is 4.32. The molecule has 0 bridgehead atoms. The predicted octanol–water partition coefficient (Wildman–Crippen LogP) is 4.83. The Labute approximate surface area is 172 Å². The topological polar surface area (TPSA) is 36.4 Å². The fraction of sp³-hybridized carbons (Fsp3) is 0.280. The van der Waals surface area contributed by atoms with Gasteiger partial charge in [0.15, 0.2) is 0 Å². The number of piperidine rings is 1. The zero-order valence-electron chi connectivity index (χ0n) is 17.1. The van der Waals surface area contributed by atoms with E-state index in [4.69, 9.17) is 4.98 Å². The molecular formula is C25H27N3O. The van der Waals surface area contributed by atoms with Crippen LogP contribution in [0.25, 0.3) is 11.3 Å². The minimum atomic E-state index is 0.109. The van der Waals surface area contributed by atoms with E-state index in [0.717, 1.165) is 54.1 Å². The number of carbonyl (C=O) groups is 1. The van der Waals surface area contributed by atoms with Gasteiger partial charge in [0, 0.05) is 55.6 Å². The second-order valence-corrected chi connectivity index (χ2v) is 7.85. The van der Waals surface area contributed by atoms with Crippen molar-refractivity contribution in [3.8, 4) is 11.3 Å². The van der Waals surface area contributed by atoms with Crippen LogP contribution in [0.4, 0.5) is 5.69 Å². The van der Waals surface area contributed by atoms with Gasteiger partial charge in [-0.15, -0.1) is 0 Å². The van der Waals surface area contributed by atoms with Gasteiger partial charge in [-0.05, 0) is 43.2 Å². The molecule has 1 amide bonds. The van der Waals surface area contributed by atoms with Gasteiger partial charge in [0.25, 0.3) is 5.91 Å². The molecule has 0 unspecified atom stereocenters. The van der Waals surface area contributed by atoms with Crippen LogP contribution >= 0.6 is 0 Å². The van der Waals surface area contributed by atoms with E-state index in [1.54, 1.807) is 0 Å². The second kappa shape index (κ2) is 8.48. The first kappa shape index (κ1) is 19.2. The highest BCUT2D eigenvalue weighted by molar-refractivity contribution is 5.95. The van der Waals surface area contributed by atoms with Gasteiger partial charge in [-0.25, -0.2) is 0 Å². The Hall–Kier alpha value is -3.14. The van der Waals surface area contributed by atoms with Crippen molar-refractivity contribution < 1.29 is 4.79 Å². The average molecular weight is 386 g/mol. The number of anilines is 1. The van der Waals surface area contributed by atoms with Crippen molar-refractivity contribution in [2.75, 3.05) is 32.1 Å². The predicted molar refractivity (Wildman–Crippen MR) is 118 cm³/mol. The molecule has 1 fully saturated rings. The van der Waals surface area contributed by atoms with Crippen LogP contribution in [-0.4, -0.2) is 43.0 Å². The maximum atomic E-state index is 13.1. The third-order valence-electron chi connectivity index (χ3n) is 5.58. The molecule has 4 rings (SSSR count). The van der Waals surface area contributed by atoms with E-state index < -0.39 is 0 Å². The highest BCUT2D eigenvalue weighted by Crippen LogP contribution is 2.28. The fourth-order valence-electron chi connectivity index (χ4n) is 3.95. The minimum Gasteiger partial charge on any atom is -0.378 e. The highest BCUT2D eigenvalue weighted by Gasteiger charge is 2.26. The Balaban J connectivity index is 1.53. The van der Waals surface area contributed by atoms with Gasteiger partial charge in [-0.1, -0.05) is 42.5 Å². The molecule has 3 aromatic rings. The van der Waals surface area contributed by atoms with Crippen LogP contribution in [0.5, 0.6) is 0 Å². The van der Waals surface area contributed by atoms with E-state index in [-0.39, 0.29) is 11.8 Å². The van der Waals surface area contributed by atoms with Gasteiger partial charge >= 0.3 is 0 Å². The minimum absolute atomic E-state index is 0.109. The summed E-state index contributed by atoms with van der Waals surface area (Å²) in [6, 6.07) is 24.3. The van der Waals surface area contributed by atoms with Crippen LogP contribution in [0.15, 0.2) is 72.8 Å². The van der Waals surface area contributed by atoms with E-state index in [1.165, 1.54) is 0 Å².